The zero-order valence-corrected chi connectivity index (χ0v) is 57.3. The predicted molar refractivity (Wildman–Crippen MR) is 368 cm³/mol. The Kier molecular flexibility index (Phi) is 17.9. The van der Waals surface area contributed by atoms with E-state index in [1.807, 2.05) is 35.1 Å². The first-order chi connectivity index (χ1) is 45.8. The molecule has 8 fully saturated rings. The van der Waals surface area contributed by atoms with Crippen LogP contribution >= 0.6 is 21.6 Å². The van der Waals surface area contributed by atoms with Crippen molar-refractivity contribution in [3.63, 3.8) is 0 Å². The number of fused-ring (bicyclic) bond motifs is 14. The van der Waals surface area contributed by atoms with Gasteiger partial charge in [-0.25, -0.2) is 0 Å². The van der Waals surface area contributed by atoms with Gasteiger partial charge < -0.3 is 74.9 Å². The van der Waals surface area contributed by atoms with Crippen molar-refractivity contribution >= 4 is 49.3 Å². The molecule has 5 bridgehead atoms. The van der Waals surface area contributed by atoms with Crippen LogP contribution in [0.15, 0.2) is 101 Å². The molecule has 0 amide bonds. The van der Waals surface area contributed by atoms with Crippen LogP contribution in [0.1, 0.15) is 166 Å². The van der Waals surface area contributed by atoms with Crippen LogP contribution in [-0.2, 0) is 20.7 Å². The molecule has 8 aliphatic carbocycles. The van der Waals surface area contributed by atoms with Gasteiger partial charge in [-0.2, -0.15) is 0 Å². The van der Waals surface area contributed by atoms with Gasteiger partial charge in [0.1, 0.15) is 29.7 Å². The predicted octanol–water partition coefficient (Wildman–Crippen LogP) is 11.4. The van der Waals surface area contributed by atoms with Crippen molar-refractivity contribution in [1.82, 2.24) is 10.6 Å². The molecule has 6 saturated carbocycles. The lowest BCUT2D eigenvalue weighted by Crippen LogP contribution is -2.86. The summed E-state index contributed by atoms with van der Waals surface area (Å²) < 4.78 is 33.2. The van der Waals surface area contributed by atoms with E-state index in [0.29, 0.717) is 66.6 Å². The highest BCUT2D eigenvalue weighted by Crippen LogP contribution is 2.80. The second kappa shape index (κ2) is 25.5. The second-order valence-corrected chi connectivity index (χ2v) is 34.4. The van der Waals surface area contributed by atoms with E-state index in [2.05, 4.69) is 73.1 Å². The Morgan fingerprint density at radius 3 is 2.52 bits per heavy atom. The van der Waals surface area contributed by atoms with Crippen LogP contribution in [0, 0.1) is 57.7 Å². The van der Waals surface area contributed by atoms with Gasteiger partial charge in [0.05, 0.1) is 30.7 Å². The van der Waals surface area contributed by atoms with Crippen molar-refractivity contribution in [2.75, 3.05) is 39.2 Å². The molecule has 11 aliphatic rings. The molecule has 3 aliphatic heterocycles. The zero-order valence-electron chi connectivity index (χ0n) is 55.7. The van der Waals surface area contributed by atoms with E-state index in [1.165, 1.54) is 6.42 Å². The van der Waals surface area contributed by atoms with Crippen molar-refractivity contribution in [3.05, 3.63) is 108 Å². The molecule has 0 radical (unpaired) electrons. The van der Waals surface area contributed by atoms with Crippen LogP contribution < -0.4 is 20.1 Å². The molecule has 4 aromatic rings. The topological polar surface area (TPSA) is 253 Å². The van der Waals surface area contributed by atoms with E-state index in [-0.39, 0.29) is 96.5 Å². The summed E-state index contributed by atoms with van der Waals surface area (Å²) in [5.74, 6) is -1.54. The fourth-order valence-corrected chi connectivity index (χ4v) is 27.1. The number of esters is 1. The maximum absolute atomic E-state index is 14.2. The lowest BCUT2D eigenvalue weighted by atomic mass is 9.50. The van der Waals surface area contributed by atoms with E-state index in [9.17, 15) is 45.6 Å². The highest BCUT2D eigenvalue weighted by atomic mass is 33.1. The van der Waals surface area contributed by atoms with E-state index in [1.54, 1.807) is 36.1 Å². The number of nitrogens with one attached hydrogen (secondary N) is 2. The van der Waals surface area contributed by atoms with Gasteiger partial charge in [0.25, 0.3) is 0 Å². The first-order valence-corrected chi connectivity index (χ1v) is 38.6. The number of rotatable bonds is 10. The smallest absolute Gasteiger partial charge is 0.306 e. The number of carbonyl (C=O) groups excluding carboxylic acids is 1. The normalized spacial score (nSPS) is 42.9. The Hall–Kier alpha value is -4.15. The molecule has 16 nitrogen and oxygen atoms in total. The Bertz CT molecular complexity index is 3590. The van der Waals surface area contributed by atoms with Crippen molar-refractivity contribution in [2.45, 2.75) is 225 Å². The van der Waals surface area contributed by atoms with E-state index >= 15 is 0 Å². The first kappa shape index (κ1) is 66.7. The average Bonchev–Trinajstić information content (AvgIpc) is 1.58. The minimum Gasteiger partial charge on any atom is -0.508 e. The van der Waals surface area contributed by atoms with Crippen LogP contribution in [0.3, 0.4) is 0 Å². The van der Waals surface area contributed by atoms with Crippen LogP contribution in [0.25, 0.3) is 21.7 Å². The fraction of sp³-hybridized carbons (Fsp3) is 0.675. The van der Waals surface area contributed by atoms with Crippen molar-refractivity contribution < 1.29 is 69.0 Å². The summed E-state index contributed by atoms with van der Waals surface area (Å²) in [6, 6.07) is 19.1. The summed E-state index contributed by atoms with van der Waals surface area (Å²) in [7, 11) is 5.64. The van der Waals surface area contributed by atoms with Crippen LogP contribution in [0.2, 0.25) is 0 Å². The Labute approximate surface area is 567 Å². The quantitative estimate of drug-likeness (QED) is 0.0402. The number of carbonyl (C=O) groups is 1. The molecule has 15 rings (SSSR count). The van der Waals surface area contributed by atoms with Crippen LogP contribution in [-0.4, -0.2) is 150 Å². The molecular weight excluding hydrogens is 1240 g/mol. The van der Waals surface area contributed by atoms with Gasteiger partial charge in [0.15, 0.2) is 16.9 Å². The molecular formula is C77H102N2O14S2. The number of furan rings is 1. The molecule has 516 valence electrons. The molecule has 1 aromatic heterocycles. The number of benzene rings is 3. The third-order valence-corrected chi connectivity index (χ3v) is 30.5. The van der Waals surface area contributed by atoms with Crippen molar-refractivity contribution in [1.29, 1.82) is 0 Å². The number of hydrogen-bond acceptors (Lipinski definition) is 18. The molecule has 18 heteroatoms. The van der Waals surface area contributed by atoms with Gasteiger partial charge in [0, 0.05) is 70.7 Å². The van der Waals surface area contributed by atoms with Crippen molar-refractivity contribution in [3.8, 4) is 11.5 Å². The standard InChI is InChI=1S/C77H102N2O14S2/c1-4-89-63(84)23-19-50-37-51-26-34-90-65(51)67-66(50)92-69-77(88)64-53(18-21-59(82)56(64)42-80)40-75(87,68(77)85)76(93-69)45-94-95-74(61(79-33-35-91-67)22-14-46(2)10-9-13-62(76)83)44-71(27-7-8-28-71)73(39-52-17-20-58(78-3)55(52)41-73)60(74)25-30-72(86)32-31-70(43-72)29-24-54(81)38-57(70)49-16-15-47-11-5-6-12-48(47)36-49/h5-6,11-12,15-16,18,21,24,26,29,34,36-38,46,52-53,55-62,64,68-69,78-83,85-88H,4,7-10,13-14,17,19-20,22-23,25,27-28,30-33,35,39-45H2,1-3H3. The van der Waals surface area contributed by atoms with Gasteiger partial charge in [-0.15, -0.1) is 0 Å². The van der Waals surface area contributed by atoms with E-state index in [4.69, 9.17) is 23.4 Å². The monoisotopic (exact) mass is 1340 g/mol. The number of allylic oxidation sites excluding steroid dienone is 4. The zero-order chi connectivity index (χ0) is 65.9. The maximum atomic E-state index is 14.2. The lowest BCUT2D eigenvalue weighted by Gasteiger charge is -2.67. The fourth-order valence-electron chi connectivity index (χ4n) is 22.8. The van der Waals surface area contributed by atoms with Gasteiger partial charge in [0.2, 0.25) is 12.0 Å². The highest BCUT2D eigenvalue weighted by Gasteiger charge is 2.79. The lowest BCUT2D eigenvalue weighted by molar-refractivity contribution is -0.424. The van der Waals surface area contributed by atoms with Crippen LogP contribution in [0.4, 0.5) is 0 Å². The Balaban J connectivity index is 0.887. The molecule has 10 N–H and O–H groups in total. The number of aliphatic hydroxyl groups excluding tert-OH is 5. The minimum absolute atomic E-state index is 0.0203. The molecule has 5 spiro atoms. The molecule has 4 heterocycles. The number of hydrogen-bond donors (Lipinski definition) is 10. The average molecular weight is 1340 g/mol. The highest BCUT2D eigenvalue weighted by molar-refractivity contribution is 8.77. The minimum atomic E-state index is -2.53. The van der Waals surface area contributed by atoms with Crippen molar-refractivity contribution in [2.24, 2.45) is 57.7 Å². The third kappa shape index (κ3) is 10.8. The Morgan fingerprint density at radius 1 is 0.874 bits per heavy atom. The summed E-state index contributed by atoms with van der Waals surface area (Å²) in [5.41, 5.74) is -6.46. The summed E-state index contributed by atoms with van der Waals surface area (Å²) in [6.07, 6.45) is 21.1. The van der Waals surface area contributed by atoms with Gasteiger partial charge in [-0.05, 0) is 210 Å². The third-order valence-electron chi connectivity index (χ3n) is 27.2. The molecule has 21 atom stereocenters. The second-order valence-electron chi connectivity index (χ2n) is 31.8. The SMILES string of the molecule is CCOC(=O)CCc1cc2ccoc2c2c1OC1OC3(CSSC4(CC5(CCCC5)C5(CC6CCC(NC)C6C5)C4CCC4(O)CCC5(C=CC(O)=CC5c5ccc6ccccc6c5)C4)C(CCC(C)CCCC3O)NCCO2)C2(O)CC3C=CC(O)C(CO)C3C1(O)C2O. The molecule has 21 unspecified atom stereocenters. The Morgan fingerprint density at radius 2 is 1.71 bits per heavy atom. The molecule has 2 saturated heterocycles. The number of ether oxygens (including phenoxy) is 4. The first-order valence-electron chi connectivity index (χ1n) is 36.3. The number of aryl methyl sites for hydroxylation is 1. The summed E-state index contributed by atoms with van der Waals surface area (Å²) in [4.78, 5) is 13.3. The number of aliphatic hydroxyl groups is 8. The summed E-state index contributed by atoms with van der Waals surface area (Å²) >= 11 is 0. The largest absolute Gasteiger partial charge is 0.508 e. The summed E-state index contributed by atoms with van der Waals surface area (Å²) in [6.45, 7) is 4.26. The van der Waals surface area contributed by atoms with Gasteiger partial charge in [-0.3, -0.25) is 4.79 Å². The summed E-state index contributed by atoms with van der Waals surface area (Å²) in [5, 5.41) is 114. The molecule has 95 heavy (non-hydrogen) atoms. The maximum Gasteiger partial charge on any atom is 0.306 e. The van der Waals surface area contributed by atoms with Gasteiger partial charge >= 0.3 is 5.97 Å². The van der Waals surface area contributed by atoms with E-state index in [0.717, 1.165) is 99.8 Å². The van der Waals surface area contributed by atoms with Gasteiger partial charge in [-0.1, -0.05) is 115 Å². The van der Waals surface area contributed by atoms with Crippen LogP contribution in [0.5, 0.6) is 11.5 Å². The van der Waals surface area contributed by atoms with E-state index < -0.39 is 87.5 Å². The molecule has 3 aromatic carbocycles.